The van der Waals surface area contributed by atoms with Crippen LogP contribution >= 0.6 is 43.2 Å². The Bertz CT molecular complexity index is 1480. The maximum absolute atomic E-state index is 12.9. The standard InChI is InChI=1S/C26H18Br2N4O4S/c27-21-10-16(11-22(28)24(21)36-14-15-5-7-18(8-6-15)32(34)35)9-17(12-29)25(33)31-26-20(13-30)19-3-1-2-4-23(19)37-26/h5-11H,1-4,14H2,(H,31,33)/b17-9+. The molecule has 1 aliphatic rings. The largest absolute Gasteiger partial charge is 0.487 e. The maximum atomic E-state index is 12.9. The van der Waals surface area contributed by atoms with Crippen molar-refractivity contribution >= 4 is 65.9 Å². The van der Waals surface area contributed by atoms with E-state index in [1.807, 2.05) is 6.07 Å². The molecule has 0 unspecified atom stereocenters. The van der Waals surface area contributed by atoms with Crippen molar-refractivity contribution in [3.8, 4) is 17.9 Å². The summed E-state index contributed by atoms with van der Waals surface area (Å²) >= 11 is 8.34. The summed E-state index contributed by atoms with van der Waals surface area (Å²) in [5.74, 6) is -0.0790. The Kier molecular flexibility index (Phi) is 8.39. The van der Waals surface area contributed by atoms with E-state index in [4.69, 9.17) is 4.74 Å². The number of nitro benzene ring substituents is 1. The van der Waals surface area contributed by atoms with Crippen LogP contribution in [-0.4, -0.2) is 10.8 Å². The number of carbonyl (C=O) groups is 1. The van der Waals surface area contributed by atoms with Crippen molar-refractivity contribution in [2.75, 3.05) is 5.32 Å². The lowest BCUT2D eigenvalue weighted by Gasteiger charge is -2.12. The second kappa shape index (κ2) is 11.7. The van der Waals surface area contributed by atoms with Gasteiger partial charge in [-0.15, -0.1) is 11.3 Å². The summed E-state index contributed by atoms with van der Waals surface area (Å²) in [6.45, 7) is 0.183. The van der Waals surface area contributed by atoms with Gasteiger partial charge in [-0.05, 0) is 105 Å². The number of nitrogens with one attached hydrogen (secondary N) is 1. The molecular weight excluding hydrogens is 624 g/mol. The average molecular weight is 642 g/mol. The molecule has 1 aliphatic carbocycles. The number of hydrogen-bond acceptors (Lipinski definition) is 7. The van der Waals surface area contributed by atoms with E-state index in [9.17, 15) is 25.4 Å². The number of fused-ring (bicyclic) bond motifs is 1. The predicted molar refractivity (Wildman–Crippen MR) is 147 cm³/mol. The Morgan fingerprint density at radius 2 is 1.84 bits per heavy atom. The van der Waals surface area contributed by atoms with Crippen LogP contribution in [0, 0.1) is 32.8 Å². The Morgan fingerprint density at radius 3 is 2.46 bits per heavy atom. The third-order valence-electron chi connectivity index (χ3n) is 5.74. The summed E-state index contributed by atoms with van der Waals surface area (Å²) < 4.78 is 7.05. The first-order valence-electron chi connectivity index (χ1n) is 11.1. The number of nitro groups is 1. The van der Waals surface area contributed by atoms with Crippen molar-refractivity contribution in [3.05, 3.63) is 88.2 Å². The fourth-order valence-corrected chi connectivity index (χ4v) is 6.61. The van der Waals surface area contributed by atoms with Crippen LogP contribution in [0.2, 0.25) is 0 Å². The number of hydrogen-bond donors (Lipinski definition) is 1. The second-order valence-corrected chi connectivity index (χ2v) is 11.0. The van der Waals surface area contributed by atoms with E-state index in [1.54, 1.807) is 24.3 Å². The van der Waals surface area contributed by atoms with Crippen LogP contribution in [0.25, 0.3) is 6.08 Å². The SMILES string of the molecule is N#C/C(=C\c1cc(Br)c(OCc2ccc([N+](=O)[O-])cc2)c(Br)c1)C(=O)Nc1sc2c(c1C#N)CCCC2. The molecule has 1 amide bonds. The van der Waals surface area contributed by atoms with E-state index in [2.05, 4.69) is 43.2 Å². The summed E-state index contributed by atoms with van der Waals surface area (Å²) in [4.78, 5) is 24.4. The van der Waals surface area contributed by atoms with Crippen molar-refractivity contribution in [1.82, 2.24) is 0 Å². The second-order valence-electron chi connectivity index (χ2n) is 8.18. The van der Waals surface area contributed by atoms with Gasteiger partial charge >= 0.3 is 0 Å². The highest BCUT2D eigenvalue weighted by molar-refractivity contribution is 9.11. The lowest BCUT2D eigenvalue weighted by molar-refractivity contribution is -0.384. The Labute approximate surface area is 233 Å². The van der Waals surface area contributed by atoms with Crippen molar-refractivity contribution in [2.45, 2.75) is 32.3 Å². The number of non-ortho nitro benzene ring substituents is 1. The zero-order chi connectivity index (χ0) is 26.5. The van der Waals surface area contributed by atoms with Crippen LogP contribution in [0.1, 0.15) is 40.0 Å². The van der Waals surface area contributed by atoms with Gasteiger partial charge in [0.05, 0.1) is 19.4 Å². The Balaban J connectivity index is 1.50. The van der Waals surface area contributed by atoms with Crippen LogP contribution in [0.15, 0.2) is 50.9 Å². The van der Waals surface area contributed by atoms with Crippen molar-refractivity contribution in [3.63, 3.8) is 0 Å². The van der Waals surface area contributed by atoms with E-state index in [0.717, 1.165) is 41.7 Å². The number of benzene rings is 2. The monoisotopic (exact) mass is 640 g/mol. The summed E-state index contributed by atoms with van der Waals surface area (Å²) in [5.41, 5.74) is 2.73. The van der Waals surface area contributed by atoms with Crippen LogP contribution < -0.4 is 10.1 Å². The molecule has 0 radical (unpaired) electrons. The Hall–Kier alpha value is -3.51. The summed E-state index contributed by atoms with van der Waals surface area (Å²) in [6.07, 6.45) is 5.27. The first kappa shape index (κ1) is 26.6. The molecule has 0 aliphatic heterocycles. The number of thiophene rings is 1. The van der Waals surface area contributed by atoms with Gasteiger partial charge in [-0.3, -0.25) is 14.9 Å². The molecule has 0 spiro atoms. The van der Waals surface area contributed by atoms with E-state index < -0.39 is 10.8 Å². The minimum absolute atomic E-state index is 0.00195. The van der Waals surface area contributed by atoms with Gasteiger partial charge in [0.2, 0.25) is 0 Å². The number of nitrogens with zero attached hydrogens (tertiary/aromatic N) is 3. The van der Waals surface area contributed by atoms with E-state index in [1.165, 1.54) is 29.5 Å². The third-order valence-corrected chi connectivity index (χ3v) is 8.12. The molecule has 3 aromatic rings. The van der Waals surface area contributed by atoms with Gasteiger partial charge in [-0.2, -0.15) is 10.5 Å². The molecule has 2 aromatic carbocycles. The van der Waals surface area contributed by atoms with Crippen LogP contribution in [-0.2, 0) is 24.2 Å². The summed E-state index contributed by atoms with van der Waals surface area (Å²) in [5, 5.41) is 33.3. The number of halogens is 2. The topological polar surface area (TPSA) is 129 Å². The first-order chi connectivity index (χ1) is 17.8. The molecule has 1 heterocycles. The van der Waals surface area contributed by atoms with Gasteiger partial charge in [0.25, 0.3) is 11.6 Å². The number of carbonyl (C=O) groups excluding carboxylic acids is 1. The van der Waals surface area contributed by atoms with E-state index >= 15 is 0 Å². The highest BCUT2D eigenvalue weighted by atomic mass is 79.9. The van der Waals surface area contributed by atoms with Crippen molar-refractivity contribution in [2.24, 2.45) is 0 Å². The van der Waals surface area contributed by atoms with Crippen LogP contribution in [0.3, 0.4) is 0 Å². The molecule has 1 N–H and O–H groups in total. The molecule has 8 nitrogen and oxygen atoms in total. The fraction of sp³-hybridized carbons (Fsp3) is 0.192. The molecule has 0 saturated heterocycles. The molecule has 1 aromatic heterocycles. The van der Waals surface area contributed by atoms with Gasteiger partial charge in [0.15, 0.2) is 0 Å². The maximum Gasteiger partial charge on any atom is 0.269 e. The van der Waals surface area contributed by atoms with Gasteiger partial charge < -0.3 is 10.1 Å². The Morgan fingerprint density at radius 1 is 1.16 bits per heavy atom. The molecule has 0 bridgehead atoms. The normalized spacial score (nSPS) is 12.7. The van der Waals surface area contributed by atoms with Crippen LogP contribution in [0.5, 0.6) is 5.75 Å². The number of nitriles is 2. The lowest BCUT2D eigenvalue weighted by Crippen LogP contribution is -2.13. The lowest BCUT2D eigenvalue weighted by atomic mass is 9.96. The van der Waals surface area contributed by atoms with E-state index in [0.29, 0.717) is 30.8 Å². The van der Waals surface area contributed by atoms with Gasteiger partial charge in [-0.25, -0.2) is 0 Å². The molecule has 0 saturated carbocycles. The number of aryl methyl sites for hydroxylation is 1. The molecule has 4 rings (SSSR count). The molecule has 186 valence electrons. The quantitative estimate of drug-likeness (QED) is 0.127. The molecular formula is C26H18Br2N4O4S. The van der Waals surface area contributed by atoms with Gasteiger partial charge in [0, 0.05) is 17.0 Å². The third kappa shape index (κ3) is 6.08. The van der Waals surface area contributed by atoms with Gasteiger partial charge in [0.1, 0.15) is 35.1 Å². The number of anilines is 1. The highest BCUT2D eigenvalue weighted by Crippen LogP contribution is 2.38. The minimum Gasteiger partial charge on any atom is -0.487 e. The fourth-order valence-electron chi connectivity index (χ4n) is 3.93. The number of rotatable bonds is 7. The molecule has 0 fully saturated rings. The summed E-state index contributed by atoms with van der Waals surface area (Å²) in [6, 6.07) is 13.6. The predicted octanol–water partition coefficient (Wildman–Crippen LogP) is 7.06. The first-order valence-corrected chi connectivity index (χ1v) is 13.5. The number of amides is 1. The molecule has 37 heavy (non-hydrogen) atoms. The van der Waals surface area contributed by atoms with Crippen molar-refractivity contribution in [1.29, 1.82) is 10.5 Å². The molecule has 11 heteroatoms. The van der Waals surface area contributed by atoms with Gasteiger partial charge in [-0.1, -0.05) is 0 Å². The minimum atomic E-state index is -0.580. The number of ether oxygens (including phenoxy) is 1. The van der Waals surface area contributed by atoms with Crippen molar-refractivity contribution < 1.29 is 14.5 Å². The van der Waals surface area contributed by atoms with E-state index in [-0.39, 0.29) is 17.9 Å². The average Bonchev–Trinajstić information content (AvgIpc) is 3.23. The van der Waals surface area contributed by atoms with Crippen LogP contribution in [0.4, 0.5) is 10.7 Å². The highest BCUT2D eigenvalue weighted by Gasteiger charge is 2.23. The molecule has 0 atom stereocenters. The zero-order valence-electron chi connectivity index (χ0n) is 19.2. The summed E-state index contributed by atoms with van der Waals surface area (Å²) in [7, 11) is 0. The smallest absolute Gasteiger partial charge is 0.269 e. The zero-order valence-corrected chi connectivity index (χ0v) is 23.2.